The number of likely N-dealkylation sites (N-methyl/N-ethyl adjacent to an activating group) is 1. The van der Waals surface area contributed by atoms with Crippen LogP contribution < -0.4 is 13.8 Å². The van der Waals surface area contributed by atoms with E-state index in [1.165, 1.54) is 31.3 Å². The average Bonchev–Trinajstić information content (AvgIpc) is 2.56. The minimum atomic E-state index is -3.73. The summed E-state index contributed by atoms with van der Waals surface area (Å²) in [7, 11) is 0.743. The molecule has 0 bridgehead atoms. The minimum absolute atomic E-state index is 0.198. The first kappa shape index (κ1) is 21.4. The molecule has 0 fully saturated rings. The van der Waals surface area contributed by atoms with Crippen LogP contribution in [0.25, 0.3) is 0 Å². The second-order valence-corrected chi connectivity index (χ2v) is 7.91. The Kier molecular flexibility index (Phi) is 7.82. The molecular formula is C16H25ClN2O5S. The molecule has 0 spiro atoms. The highest BCUT2D eigenvalue weighted by Gasteiger charge is 2.26. The Morgan fingerprint density at radius 1 is 1.20 bits per heavy atom. The second-order valence-electron chi connectivity index (χ2n) is 5.60. The molecule has 0 atom stereocenters. The van der Waals surface area contributed by atoms with Crippen LogP contribution in [-0.4, -0.2) is 59.8 Å². The number of carbonyl (C=O) groups is 1. The van der Waals surface area contributed by atoms with E-state index in [1.54, 1.807) is 7.05 Å². The fraction of sp³-hybridized carbons (Fsp3) is 0.562. The van der Waals surface area contributed by atoms with Gasteiger partial charge in [0.2, 0.25) is 15.9 Å². The Hall–Kier alpha value is -1.67. The third-order valence-corrected chi connectivity index (χ3v) is 5.10. The van der Waals surface area contributed by atoms with Gasteiger partial charge in [0.05, 0.1) is 31.2 Å². The van der Waals surface area contributed by atoms with Gasteiger partial charge in [-0.15, -0.1) is 0 Å². The zero-order chi connectivity index (χ0) is 19.2. The van der Waals surface area contributed by atoms with Crippen molar-refractivity contribution in [2.24, 2.45) is 0 Å². The second kappa shape index (κ2) is 9.15. The number of hydrogen-bond donors (Lipinski definition) is 0. The van der Waals surface area contributed by atoms with Crippen LogP contribution in [0.5, 0.6) is 11.5 Å². The molecule has 0 aliphatic carbocycles. The number of rotatable bonds is 9. The maximum Gasteiger partial charge on any atom is 0.243 e. The smallest absolute Gasteiger partial charge is 0.243 e. The van der Waals surface area contributed by atoms with Crippen LogP contribution in [0.3, 0.4) is 0 Å². The summed E-state index contributed by atoms with van der Waals surface area (Å²) in [6.45, 7) is 2.25. The van der Waals surface area contributed by atoms with Crippen LogP contribution in [0.15, 0.2) is 12.1 Å². The first-order valence-corrected chi connectivity index (χ1v) is 10.0. The van der Waals surface area contributed by atoms with Crippen LogP contribution in [0.1, 0.15) is 19.8 Å². The van der Waals surface area contributed by atoms with Crippen LogP contribution in [0.2, 0.25) is 5.02 Å². The van der Waals surface area contributed by atoms with E-state index < -0.39 is 10.0 Å². The van der Waals surface area contributed by atoms with E-state index in [0.717, 1.165) is 23.4 Å². The number of carbonyl (C=O) groups excluding carboxylic acids is 1. The third-order valence-electron chi connectivity index (χ3n) is 3.67. The van der Waals surface area contributed by atoms with E-state index in [1.807, 2.05) is 6.92 Å². The van der Waals surface area contributed by atoms with Crippen LogP contribution >= 0.6 is 11.6 Å². The van der Waals surface area contributed by atoms with E-state index in [0.29, 0.717) is 6.54 Å². The lowest BCUT2D eigenvalue weighted by Gasteiger charge is -2.27. The largest absolute Gasteiger partial charge is 0.495 e. The number of anilines is 1. The average molecular weight is 393 g/mol. The molecular weight excluding hydrogens is 368 g/mol. The Morgan fingerprint density at radius 2 is 1.80 bits per heavy atom. The SMILES string of the molecule is CCCCN(C)C(=O)CN(c1cc(OC)c(Cl)cc1OC)S(C)(=O)=O. The summed E-state index contributed by atoms with van der Waals surface area (Å²) in [6, 6.07) is 2.90. The van der Waals surface area contributed by atoms with Gasteiger partial charge in [-0.1, -0.05) is 24.9 Å². The molecule has 9 heteroatoms. The van der Waals surface area contributed by atoms with Gasteiger partial charge in [-0.25, -0.2) is 8.42 Å². The van der Waals surface area contributed by atoms with Gasteiger partial charge >= 0.3 is 0 Å². The van der Waals surface area contributed by atoms with E-state index in [-0.39, 0.29) is 34.7 Å². The molecule has 0 heterocycles. The number of halogens is 1. The monoisotopic (exact) mass is 392 g/mol. The molecule has 0 aromatic heterocycles. The van der Waals surface area contributed by atoms with Gasteiger partial charge in [0.1, 0.15) is 18.0 Å². The Bertz CT molecular complexity index is 709. The molecule has 7 nitrogen and oxygen atoms in total. The van der Waals surface area contributed by atoms with Crippen molar-refractivity contribution in [1.82, 2.24) is 4.90 Å². The highest BCUT2D eigenvalue weighted by atomic mass is 35.5. The van der Waals surface area contributed by atoms with Crippen LogP contribution in [0, 0.1) is 0 Å². The van der Waals surface area contributed by atoms with Crippen molar-refractivity contribution < 1.29 is 22.7 Å². The number of unbranched alkanes of at least 4 members (excludes halogenated alkanes) is 1. The van der Waals surface area contributed by atoms with Crippen molar-refractivity contribution in [2.45, 2.75) is 19.8 Å². The molecule has 1 amide bonds. The summed E-state index contributed by atoms with van der Waals surface area (Å²) in [6.07, 6.45) is 2.82. The first-order valence-electron chi connectivity index (χ1n) is 7.78. The molecule has 1 rings (SSSR count). The molecule has 0 unspecified atom stereocenters. The number of methoxy groups -OCH3 is 2. The molecule has 142 valence electrons. The summed E-state index contributed by atoms with van der Waals surface area (Å²) < 4.78 is 35.9. The normalized spacial score (nSPS) is 11.1. The maximum atomic E-state index is 12.4. The number of amides is 1. The van der Waals surface area contributed by atoms with Gasteiger partial charge in [-0.2, -0.15) is 0 Å². The Labute approximate surface area is 154 Å². The maximum absolute atomic E-state index is 12.4. The number of nitrogens with zero attached hydrogens (tertiary/aromatic N) is 2. The summed E-state index contributed by atoms with van der Waals surface area (Å²) in [5.74, 6) is 0.216. The zero-order valence-electron chi connectivity index (χ0n) is 15.2. The lowest BCUT2D eigenvalue weighted by Crippen LogP contribution is -2.41. The summed E-state index contributed by atoms with van der Waals surface area (Å²) in [4.78, 5) is 13.9. The molecule has 0 aliphatic heterocycles. The van der Waals surface area contributed by atoms with Crippen molar-refractivity contribution >= 4 is 33.2 Å². The number of hydrogen-bond acceptors (Lipinski definition) is 5. The summed E-state index contributed by atoms with van der Waals surface area (Å²) in [5.41, 5.74) is 0.198. The van der Waals surface area contributed by atoms with Gasteiger partial charge in [-0.3, -0.25) is 9.10 Å². The van der Waals surface area contributed by atoms with Gasteiger partial charge in [0, 0.05) is 25.7 Å². The third kappa shape index (κ3) is 5.67. The molecule has 0 aliphatic rings. The molecule has 0 saturated heterocycles. The molecule has 0 N–H and O–H groups in total. The molecule has 1 aromatic rings. The van der Waals surface area contributed by atoms with E-state index in [4.69, 9.17) is 21.1 Å². The van der Waals surface area contributed by atoms with Crippen LogP contribution in [0.4, 0.5) is 5.69 Å². The number of ether oxygens (including phenoxy) is 2. The van der Waals surface area contributed by atoms with Crippen molar-refractivity contribution in [3.05, 3.63) is 17.2 Å². The number of sulfonamides is 1. The van der Waals surface area contributed by atoms with Crippen molar-refractivity contribution in [3.8, 4) is 11.5 Å². The predicted molar refractivity (Wildman–Crippen MR) is 99.3 cm³/mol. The summed E-state index contributed by atoms with van der Waals surface area (Å²) in [5, 5.41) is 0.281. The van der Waals surface area contributed by atoms with E-state index in [2.05, 4.69) is 0 Å². The standard InChI is InChI=1S/C16H25ClN2O5S/c1-6-7-8-18(2)16(20)11-19(25(5,21)22)13-10-14(23-3)12(17)9-15(13)24-4/h9-10H,6-8,11H2,1-5H3. The lowest BCUT2D eigenvalue weighted by molar-refractivity contribution is -0.128. The fourth-order valence-corrected chi connectivity index (χ4v) is 3.26. The molecule has 1 aromatic carbocycles. The lowest BCUT2D eigenvalue weighted by atomic mass is 10.2. The molecule has 0 saturated carbocycles. The van der Waals surface area contributed by atoms with Gasteiger partial charge in [0.25, 0.3) is 0 Å². The van der Waals surface area contributed by atoms with Gasteiger partial charge in [-0.05, 0) is 6.42 Å². The van der Waals surface area contributed by atoms with Gasteiger partial charge in [0.15, 0.2) is 0 Å². The van der Waals surface area contributed by atoms with Crippen LogP contribution in [-0.2, 0) is 14.8 Å². The first-order chi connectivity index (χ1) is 11.6. The van der Waals surface area contributed by atoms with Crippen molar-refractivity contribution in [1.29, 1.82) is 0 Å². The highest BCUT2D eigenvalue weighted by Crippen LogP contribution is 2.38. The van der Waals surface area contributed by atoms with Crippen molar-refractivity contribution in [2.75, 3.05) is 44.9 Å². The zero-order valence-corrected chi connectivity index (χ0v) is 16.8. The minimum Gasteiger partial charge on any atom is -0.495 e. The highest BCUT2D eigenvalue weighted by molar-refractivity contribution is 7.92. The van der Waals surface area contributed by atoms with Gasteiger partial charge < -0.3 is 14.4 Å². The topological polar surface area (TPSA) is 76.2 Å². The molecule has 0 radical (unpaired) electrons. The quantitative estimate of drug-likeness (QED) is 0.644. The fourth-order valence-electron chi connectivity index (χ4n) is 2.18. The van der Waals surface area contributed by atoms with E-state index >= 15 is 0 Å². The Balaban J connectivity index is 3.27. The Morgan fingerprint density at radius 3 is 2.28 bits per heavy atom. The number of benzene rings is 1. The molecule has 25 heavy (non-hydrogen) atoms. The predicted octanol–water partition coefficient (Wildman–Crippen LogP) is 2.38. The van der Waals surface area contributed by atoms with E-state index in [9.17, 15) is 13.2 Å². The summed E-state index contributed by atoms with van der Waals surface area (Å²) >= 11 is 6.06. The van der Waals surface area contributed by atoms with Crippen molar-refractivity contribution in [3.63, 3.8) is 0 Å².